The van der Waals surface area contributed by atoms with Gasteiger partial charge in [-0.2, -0.15) is 0 Å². The molecule has 2 aliphatic heterocycles. The zero-order valence-electron chi connectivity index (χ0n) is 11.9. The maximum atomic E-state index is 4.49. The van der Waals surface area contributed by atoms with Gasteiger partial charge in [-0.25, -0.2) is 9.97 Å². The van der Waals surface area contributed by atoms with E-state index in [1.807, 2.05) is 0 Å². The SMILES string of the molecule is CC1(C)CNCCN1c1cc(N2CCCC2)ncn1. The van der Waals surface area contributed by atoms with Gasteiger partial charge < -0.3 is 15.1 Å². The van der Waals surface area contributed by atoms with Gasteiger partial charge in [-0.3, -0.25) is 0 Å². The largest absolute Gasteiger partial charge is 0.356 e. The van der Waals surface area contributed by atoms with Gasteiger partial charge in [0.1, 0.15) is 18.0 Å². The molecule has 3 rings (SSSR count). The second kappa shape index (κ2) is 4.96. The topological polar surface area (TPSA) is 44.3 Å². The Morgan fingerprint density at radius 3 is 2.58 bits per heavy atom. The Morgan fingerprint density at radius 1 is 1.11 bits per heavy atom. The summed E-state index contributed by atoms with van der Waals surface area (Å²) in [6.45, 7) is 9.79. The zero-order valence-corrected chi connectivity index (χ0v) is 11.9. The van der Waals surface area contributed by atoms with Crippen molar-refractivity contribution in [2.45, 2.75) is 32.2 Å². The molecule has 0 saturated carbocycles. The van der Waals surface area contributed by atoms with E-state index in [0.717, 1.165) is 44.4 Å². The summed E-state index contributed by atoms with van der Waals surface area (Å²) in [6.07, 6.45) is 4.26. The van der Waals surface area contributed by atoms with Crippen molar-refractivity contribution in [2.24, 2.45) is 0 Å². The van der Waals surface area contributed by atoms with Gasteiger partial charge in [0, 0.05) is 44.3 Å². The van der Waals surface area contributed by atoms with E-state index < -0.39 is 0 Å². The third kappa shape index (κ3) is 2.52. The summed E-state index contributed by atoms with van der Waals surface area (Å²) < 4.78 is 0. The summed E-state index contributed by atoms with van der Waals surface area (Å²) in [6, 6.07) is 2.15. The minimum atomic E-state index is 0.106. The lowest BCUT2D eigenvalue weighted by molar-refractivity contribution is 0.377. The Labute approximate surface area is 115 Å². The molecule has 0 aromatic carbocycles. The third-order valence-corrected chi connectivity index (χ3v) is 4.15. The van der Waals surface area contributed by atoms with E-state index >= 15 is 0 Å². The van der Waals surface area contributed by atoms with Crippen molar-refractivity contribution in [1.29, 1.82) is 0 Å². The highest BCUT2D eigenvalue weighted by molar-refractivity contribution is 5.52. The van der Waals surface area contributed by atoms with Crippen molar-refractivity contribution < 1.29 is 0 Å². The highest BCUT2D eigenvalue weighted by Crippen LogP contribution is 2.26. The van der Waals surface area contributed by atoms with Crippen molar-refractivity contribution in [1.82, 2.24) is 15.3 Å². The van der Waals surface area contributed by atoms with Gasteiger partial charge in [0.15, 0.2) is 0 Å². The fourth-order valence-corrected chi connectivity index (χ4v) is 3.01. The molecule has 1 aromatic heterocycles. The summed E-state index contributed by atoms with van der Waals surface area (Å²) in [4.78, 5) is 13.7. The van der Waals surface area contributed by atoms with Crippen molar-refractivity contribution in [3.8, 4) is 0 Å². The van der Waals surface area contributed by atoms with Gasteiger partial charge in [0.25, 0.3) is 0 Å². The maximum Gasteiger partial charge on any atom is 0.134 e. The molecule has 2 fully saturated rings. The van der Waals surface area contributed by atoms with Gasteiger partial charge in [0.05, 0.1) is 0 Å². The van der Waals surface area contributed by atoms with Gasteiger partial charge in [-0.15, -0.1) is 0 Å². The lowest BCUT2D eigenvalue weighted by Gasteiger charge is -2.43. The molecule has 2 aliphatic rings. The van der Waals surface area contributed by atoms with E-state index in [1.54, 1.807) is 6.33 Å². The minimum Gasteiger partial charge on any atom is -0.356 e. The lowest BCUT2D eigenvalue weighted by atomic mass is 10.0. The molecule has 1 aromatic rings. The fraction of sp³-hybridized carbons (Fsp3) is 0.714. The molecule has 0 radical (unpaired) electrons. The predicted octanol–water partition coefficient (Wildman–Crippen LogP) is 1.26. The minimum absolute atomic E-state index is 0.106. The summed E-state index contributed by atoms with van der Waals surface area (Å²) >= 11 is 0. The monoisotopic (exact) mass is 261 g/mol. The molecule has 3 heterocycles. The zero-order chi connectivity index (χ0) is 13.3. The summed E-state index contributed by atoms with van der Waals surface area (Å²) in [5.74, 6) is 2.14. The molecular weight excluding hydrogens is 238 g/mol. The van der Waals surface area contributed by atoms with Gasteiger partial charge >= 0.3 is 0 Å². The van der Waals surface area contributed by atoms with Crippen molar-refractivity contribution in [3.63, 3.8) is 0 Å². The number of anilines is 2. The molecule has 0 spiro atoms. The molecule has 0 bridgehead atoms. The Morgan fingerprint density at radius 2 is 1.84 bits per heavy atom. The van der Waals surface area contributed by atoms with E-state index in [9.17, 15) is 0 Å². The molecule has 5 nitrogen and oxygen atoms in total. The Kier molecular flexibility index (Phi) is 3.31. The first kappa shape index (κ1) is 12.7. The van der Waals surface area contributed by atoms with E-state index in [1.165, 1.54) is 12.8 Å². The average Bonchev–Trinajstić information content (AvgIpc) is 2.92. The van der Waals surface area contributed by atoms with E-state index in [0.29, 0.717) is 0 Å². The second-order valence-corrected chi connectivity index (χ2v) is 6.07. The summed E-state index contributed by atoms with van der Waals surface area (Å²) in [5.41, 5.74) is 0.106. The van der Waals surface area contributed by atoms with E-state index in [-0.39, 0.29) is 5.54 Å². The van der Waals surface area contributed by atoms with Gasteiger partial charge in [-0.1, -0.05) is 0 Å². The molecule has 19 heavy (non-hydrogen) atoms. The van der Waals surface area contributed by atoms with Crippen LogP contribution in [0, 0.1) is 0 Å². The van der Waals surface area contributed by atoms with Gasteiger partial charge in [-0.05, 0) is 26.7 Å². The normalized spacial score (nSPS) is 22.8. The Hall–Kier alpha value is -1.36. The predicted molar refractivity (Wildman–Crippen MR) is 77.8 cm³/mol. The Balaban J connectivity index is 1.85. The average molecular weight is 261 g/mol. The van der Waals surface area contributed by atoms with Crippen LogP contribution in [-0.4, -0.2) is 48.2 Å². The van der Waals surface area contributed by atoms with E-state index in [2.05, 4.69) is 45.0 Å². The first-order valence-corrected chi connectivity index (χ1v) is 7.22. The number of nitrogens with zero attached hydrogens (tertiary/aromatic N) is 4. The number of nitrogens with one attached hydrogen (secondary N) is 1. The molecule has 2 saturated heterocycles. The Bertz CT molecular complexity index is 439. The van der Waals surface area contributed by atoms with Crippen LogP contribution < -0.4 is 15.1 Å². The van der Waals surface area contributed by atoms with Crippen molar-refractivity contribution >= 4 is 11.6 Å². The quantitative estimate of drug-likeness (QED) is 0.868. The number of aromatic nitrogens is 2. The first-order chi connectivity index (χ1) is 9.17. The molecule has 0 atom stereocenters. The van der Waals surface area contributed by atoms with Crippen LogP contribution in [-0.2, 0) is 0 Å². The highest BCUT2D eigenvalue weighted by Gasteiger charge is 2.31. The van der Waals surface area contributed by atoms with Crippen LogP contribution >= 0.6 is 0 Å². The van der Waals surface area contributed by atoms with E-state index in [4.69, 9.17) is 0 Å². The van der Waals surface area contributed by atoms with Crippen molar-refractivity contribution in [3.05, 3.63) is 12.4 Å². The maximum absolute atomic E-state index is 4.49. The molecule has 0 aliphatic carbocycles. The van der Waals surface area contributed by atoms with Crippen LogP contribution in [0.1, 0.15) is 26.7 Å². The highest BCUT2D eigenvalue weighted by atomic mass is 15.3. The molecule has 0 amide bonds. The van der Waals surface area contributed by atoms with Crippen LogP contribution in [0.25, 0.3) is 0 Å². The number of piperazine rings is 1. The standard InChI is InChI=1S/C14H23N5/c1-14(2)10-15-5-8-19(14)13-9-12(16-11-17-13)18-6-3-4-7-18/h9,11,15H,3-8,10H2,1-2H3. The van der Waals surface area contributed by atoms with Crippen LogP contribution in [0.3, 0.4) is 0 Å². The van der Waals surface area contributed by atoms with Crippen molar-refractivity contribution in [2.75, 3.05) is 42.5 Å². The fourth-order valence-electron chi connectivity index (χ4n) is 3.01. The molecular formula is C14H23N5. The number of rotatable bonds is 2. The van der Waals surface area contributed by atoms with Crippen LogP contribution in [0.4, 0.5) is 11.6 Å². The third-order valence-electron chi connectivity index (χ3n) is 4.15. The second-order valence-electron chi connectivity index (χ2n) is 6.07. The molecule has 1 N–H and O–H groups in total. The first-order valence-electron chi connectivity index (χ1n) is 7.22. The molecule has 5 heteroatoms. The number of hydrogen-bond acceptors (Lipinski definition) is 5. The number of hydrogen-bond donors (Lipinski definition) is 1. The van der Waals surface area contributed by atoms with Crippen LogP contribution in [0.15, 0.2) is 12.4 Å². The smallest absolute Gasteiger partial charge is 0.134 e. The summed E-state index contributed by atoms with van der Waals surface area (Å²) in [7, 11) is 0. The summed E-state index contributed by atoms with van der Waals surface area (Å²) in [5, 5.41) is 3.45. The lowest BCUT2D eigenvalue weighted by Crippen LogP contribution is -2.58. The van der Waals surface area contributed by atoms with Gasteiger partial charge in [0.2, 0.25) is 0 Å². The van der Waals surface area contributed by atoms with Crippen LogP contribution in [0.5, 0.6) is 0 Å². The molecule has 104 valence electrons. The molecule has 0 unspecified atom stereocenters. The van der Waals surface area contributed by atoms with Crippen LogP contribution in [0.2, 0.25) is 0 Å².